The minimum Gasteiger partial charge on any atom is -0.490 e. The maximum absolute atomic E-state index is 5.61. The van der Waals surface area contributed by atoms with Crippen molar-refractivity contribution in [3.63, 3.8) is 0 Å². The third kappa shape index (κ3) is 17.2. The summed E-state index contributed by atoms with van der Waals surface area (Å²) in [4.78, 5) is 10.7. The maximum atomic E-state index is 5.61. The minimum atomic E-state index is 0.167. The lowest BCUT2D eigenvalue weighted by Gasteiger charge is -2.41. The lowest BCUT2D eigenvalue weighted by atomic mass is 9.72. The van der Waals surface area contributed by atoms with Gasteiger partial charge in [-0.15, -0.1) is 0 Å². The Morgan fingerprint density at radius 3 is 1.52 bits per heavy atom. The molecule has 1 fully saturated rings. The Morgan fingerprint density at radius 2 is 1.11 bits per heavy atom. The van der Waals surface area contributed by atoms with E-state index < -0.39 is 0 Å². The normalized spacial score (nSPS) is 14.8. The minimum absolute atomic E-state index is 0.167. The average molecular weight is 736 g/mol. The van der Waals surface area contributed by atoms with Gasteiger partial charge in [0.15, 0.2) is 0 Å². The summed E-state index contributed by atoms with van der Waals surface area (Å²) in [6.07, 6.45) is 12.9. The highest BCUT2D eigenvalue weighted by Crippen LogP contribution is 2.37. The van der Waals surface area contributed by atoms with Crippen LogP contribution < -0.4 is 9.64 Å². The number of ether oxygens (including phenoxy) is 1. The van der Waals surface area contributed by atoms with E-state index in [1.165, 1.54) is 48.9 Å². The average Bonchev–Trinajstić information content (AvgIpc) is 3.12. The zero-order valence-corrected chi connectivity index (χ0v) is 37.1. The predicted octanol–water partition coefficient (Wildman–Crippen LogP) is 14.0. The van der Waals surface area contributed by atoms with E-state index in [0.29, 0.717) is 10.8 Å². The largest absolute Gasteiger partial charge is 0.490 e. The second-order valence-corrected chi connectivity index (χ2v) is 19.9. The third-order valence-corrected chi connectivity index (χ3v) is 9.97. The van der Waals surface area contributed by atoms with Gasteiger partial charge in [0.1, 0.15) is 12.4 Å². The van der Waals surface area contributed by atoms with Crippen molar-refractivity contribution in [1.29, 1.82) is 0 Å². The molecule has 0 spiro atoms. The smallest absolute Gasteiger partial charge is 0.142 e. The molecule has 2 aliphatic rings. The predicted molar refractivity (Wildman–Crippen MR) is 236 cm³/mol. The fourth-order valence-corrected chi connectivity index (χ4v) is 6.39. The van der Waals surface area contributed by atoms with Crippen molar-refractivity contribution >= 4 is 5.69 Å². The van der Waals surface area contributed by atoms with Crippen molar-refractivity contribution in [3.8, 4) is 5.75 Å². The molecule has 1 aliphatic heterocycles. The molecule has 0 bridgehead atoms. The number of hydrogen-bond acceptors (Lipinski definition) is 4. The first-order chi connectivity index (χ1) is 25.0. The van der Waals surface area contributed by atoms with Gasteiger partial charge in [-0.1, -0.05) is 157 Å². The van der Waals surface area contributed by atoms with Gasteiger partial charge < -0.3 is 9.64 Å². The van der Waals surface area contributed by atoms with E-state index in [1.807, 2.05) is 42.7 Å². The Balaban J connectivity index is 0.000000235. The maximum Gasteiger partial charge on any atom is 0.142 e. The number of rotatable bonds is 0. The fourth-order valence-electron chi connectivity index (χ4n) is 6.39. The van der Waals surface area contributed by atoms with Gasteiger partial charge in [-0.3, -0.25) is 9.97 Å². The Bertz CT molecular complexity index is 1440. The summed E-state index contributed by atoms with van der Waals surface area (Å²) in [6.45, 7) is 35.3. The van der Waals surface area contributed by atoms with Crippen LogP contribution in [0.1, 0.15) is 153 Å². The van der Waals surface area contributed by atoms with Crippen LogP contribution in [0.2, 0.25) is 0 Å². The van der Waals surface area contributed by atoms with Crippen LogP contribution in [0.15, 0.2) is 104 Å². The van der Waals surface area contributed by atoms with Crippen LogP contribution in [0, 0.1) is 11.3 Å². The molecule has 298 valence electrons. The first-order valence-corrected chi connectivity index (χ1v) is 20.4. The highest BCUT2D eigenvalue weighted by Gasteiger charge is 2.27. The van der Waals surface area contributed by atoms with E-state index >= 15 is 0 Å². The summed E-state index contributed by atoms with van der Waals surface area (Å²) < 4.78 is 5.61. The van der Waals surface area contributed by atoms with Crippen LogP contribution in [0.4, 0.5) is 5.69 Å². The van der Waals surface area contributed by atoms with Crippen LogP contribution in [0.25, 0.3) is 0 Å². The van der Waals surface area contributed by atoms with Crippen LogP contribution in [-0.2, 0) is 16.2 Å². The molecule has 0 radical (unpaired) electrons. The molecule has 0 atom stereocenters. The van der Waals surface area contributed by atoms with Gasteiger partial charge in [0, 0.05) is 35.2 Å². The highest BCUT2D eigenvalue weighted by atomic mass is 16.5. The molecular weight excluding hydrogens is 659 g/mol. The molecule has 1 aliphatic carbocycles. The van der Waals surface area contributed by atoms with Crippen LogP contribution in [-0.4, -0.2) is 28.7 Å². The van der Waals surface area contributed by atoms with Gasteiger partial charge in [0.2, 0.25) is 0 Å². The van der Waals surface area contributed by atoms with Gasteiger partial charge >= 0.3 is 0 Å². The van der Waals surface area contributed by atoms with E-state index in [0.717, 1.165) is 30.5 Å². The molecule has 4 heteroatoms. The standard InChI is InChI=1S/C12H17NO.C10H20.C10H14.2C9H13N/c1-12(2,3)13-8-9-14-11-7-5-4-6-10(11)13;2*1-10(2,3)9-7-5-4-6-8-9;1-9(2,3)8-5-4-6-10-7-8;1-9(2,3)8-6-4-5-7-10-8/h4-7H,8-9H2,1-3H3;9H,4-8H2,1-3H3;4-8H,1-3H3;2*4-7H,1-3H3. The van der Waals surface area contributed by atoms with Crippen molar-refractivity contribution in [1.82, 2.24) is 9.97 Å². The van der Waals surface area contributed by atoms with E-state index in [9.17, 15) is 0 Å². The number of hydrogen-bond donors (Lipinski definition) is 0. The van der Waals surface area contributed by atoms with Crippen molar-refractivity contribution in [3.05, 3.63) is 120 Å². The SMILES string of the molecule is CC(C)(C)C1CCCCC1.CC(C)(C)N1CCOc2ccccc21.CC(C)(C)c1ccccc1.CC(C)(C)c1ccccn1.CC(C)(C)c1cccnc1. The summed E-state index contributed by atoms with van der Waals surface area (Å²) in [7, 11) is 0. The molecule has 54 heavy (non-hydrogen) atoms. The first-order valence-electron chi connectivity index (χ1n) is 20.4. The van der Waals surface area contributed by atoms with Crippen molar-refractivity contribution < 1.29 is 4.74 Å². The molecule has 2 aromatic carbocycles. The van der Waals surface area contributed by atoms with Crippen molar-refractivity contribution in [2.45, 2.75) is 158 Å². The van der Waals surface area contributed by atoms with Gasteiger partial charge in [-0.05, 0) is 97.2 Å². The molecular formula is C50H77N3O. The number of fused-ring (bicyclic) bond motifs is 1. The van der Waals surface area contributed by atoms with Crippen molar-refractivity contribution in [2.75, 3.05) is 18.1 Å². The summed E-state index contributed by atoms with van der Waals surface area (Å²) in [6, 6.07) is 28.9. The zero-order chi connectivity index (χ0) is 40.6. The summed E-state index contributed by atoms with van der Waals surface area (Å²) >= 11 is 0. The zero-order valence-electron chi connectivity index (χ0n) is 37.1. The second kappa shape index (κ2) is 20.9. The van der Waals surface area contributed by atoms with Crippen molar-refractivity contribution in [2.24, 2.45) is 11.3 Å². The summed E-state index contributed by atoms with van der Waals surface area (Å²) in [5, 5.41) is 0. The molecule has 2 aromatic heterocycles. The Morgan fingerprint density at radius 1 is 0.556 bits per heavy atom. The summed E-state index contributed by atoms with van der Waals surface area (Å²) in [5.74, 6) is 2.01. The molecule has 0 saturated heterocycles. The highest BCUT2D eigenvalue weighted by molar-refractivity contribution is 5.61. The molecule has 0 N–H and O–H groups in total. The molecule has 4 aromatic rings. The molecule has 0 amide bonds. The molecule has 0 unspecified atom stereocenters. The number of pyridine rings is 2. The topological polar surface area (TPSA) is 38.2 Å². The molecule has 6 rings (SSSR count). The van der Waals surface area contributed by atoms with Gasteiger partial charge in [0.25, 0.3) is 0 Å². The number of benzene rings is 2. The first kappa shape index (κ1) is 46.5. The second-order valence-electron chi connectivity index (χ2n) is 19.9. The molecule has 4 nitrogen and oxygen atoms in total. The van der Waals surface area contributed by atoms with Gasteiger partial charge in [-0.25, -0.2) is 0 Å². The molecule has 1 saturated carbocycles. The number of nitrogens with zero attached hydrogens (tertiary/aromatic N) is 3. The number of anilines is 1. The molecule has 3 heterocycles. The van der Waals surface area contributed by atoms with Crippen LogP contribution in [0.5, 0.6) is 5.75 Å². The number of aromatic nitrogens is 2. The fraction of sp³-hybridized carbons (Fsp3) is 0.560. The quantitative estimate of drug-likeness (QED) is 0.180. The Hall–Kier alpha value is -3.66. The lowest BCUT2D eigenvalue weighted by molar-refractivity contribution is 0.180. The lowest BCUT2D eigenvalue weighted by Crippen LogP contribution is -2.46. The van der Waals surface area contributed by atoms with E-state index in [4.69, 9.17) is 4.74 Å². The summed E-state index contributed by atoms with van der Waals surface area (Å²) in [5.41, 5.74) is 6.49. The number of para-hydroxylation sites is 2. The third-order valence-electron chi connectivity index (χ3n) is 9.97. The monoisotopic (exact) mass is 736 g/mol. The Labute approximate surface area is 332 Å². The van der Waals surface area contributed by atoms with E-state index in [-0.39, 0.29) is 16.4 Å². The Kier molecular flexibility index (Phi) is 18.0. The van der Waals surface area contributed by atoms with E-state index in [2.05, 4.69) is 173 Å². The van der Waals surface area contributed by atoms with Gasteiger partial charge in [0.05, 0.1) is 12.2 Å². The van der Waals surface area contributed by atoms with Crippen LogP contribution in [0.3, 0.4) is 0 Å². The van der Waals surface area contributed by atoms with Crippen LogP contribution >= 0.6 is 0 Å². The van der Waals surface area contributed by atoms with E-state index in [1.54, 1.807) is 6.20 Å². The van der Waals surface area contributed by atoms with Gasteiger partial charge in [-0.2, -0.15) is 0 Å².